The molecule has 0 unspecified atom stereocenters. The molecule has 1 N–H and O–H groups in total. The molecule has 2 rings (SSSR count). The zero-order chi connectivity index (χ0) is 20.0. The van der Waals surface area contributed by atoms with Crippen LogP contribution in [-0.4, -0.2) is 46.5 Å². The maximum absolute atomic E-state index is 12.8. The fourth-order valence-corrected chi connectivity index (χ4v) is 3.69. The minimum absolute atomic E-state index is 0.00150. The summed E-state index contributed by atoms with van der Waals surface area (Å²) < 4.78 is 38.4. The van der Waals surface area contributed by atoms with E-state index in [2.05, 4.69) is 4.72 Å². The summed E-state index contributed by atoms with van der Waals surface area (Å²) in [5, 5.41) is 0. The van der Waals surface area contributed by atoms with Crippen molar-refractivity contribution >= 4 is 21.6 Å². The molecule has 0 radical (unpaired) electrons. The van der Waals surface area contributed by atoms with Gasteiger partial charge in [0.05, 0.1) is 24.8 Å². The predicted octanol–water partition coefficient (Wildman–Crippen LogP) is 2.99. The minimum Gasteiger partial charge on any atom is -0.497 e. The average molecular weight is 392 g/mol. The molecule has 0 aliphatic heterocycles. The van der Waals surface area contributed by atoms with Gasteiger partial charge in [0, 0.05) is 24.7 Å². The van der Waals surface area contributed by atoms with E-state index in [-0.39, 0.29) is 16.5 Å². The number of nitrogens with zero attached hydrogens (tertiary/aromatic N) is 1. The molecule has 0 bridgehead atoms. The van der Waals surface area contributed by atoms with Gasteiger partial charge in [0.15, 0.2) is 0 Å². The van der Waals surface area contributed by atoms with Crippen molar-refractivity contribution in [1.29, 1.82) is 0 Å². The summed E-state index contributed by atoms with van der Waals surface area (Å²) in [6.07, 6.45) is 0. The van der Waals surface area contributed by atoms with Crippen molar-refractivity contribution in [2.75, 3.05) is 32.0 Å². The number of carbonyl (C=O) groups excluding carboxylic acids is 1. The van der Waals surface area contributed by atoms with Crippen LogP contribution in [0.4, 0.5) is 5.69 Å². The predicted molar refractivity (Wildman–Crippen MR) is 104 cm³/mol. The number of hydrogen-bond donors (Lipinski definition) is 1. The Hall–Kier alpha value is -2.74. The van der Waals surface area contributed by atoms with Crippen molar-refractivity contribution in [3.8, 4) is 11.5 Å². The monoisotopic (exact) mass is 392 g/mol. The number of hydrogen-bond acceptors (Lipinski definition) is 5. The second-order valence-electron chi connectivity index (χ2n) is 5.68. The van der Waals surface area contributed by atoms with Gasteiger partial charge in [0.1, 0.15) is 11.5 Å². The van der Waals surface area contributed by atoms with Crippen LogP contribution in [0.1, 0.15) is 24.2 Å². The van der Waals surface area contributed by atoms with Crippen LogP contribution in [0.25, 0.3) is 0 Å². The van der Waals surface area contributed by atoms with Crippen molar-refractivity contribution in [3.63, 3.8) is 0 Å². The molecule has 0 aromatic heterocycles. The van der Waals surface area contributed by atoms with Crippen molar-refractivity contribution in [1.82, 2.24) is 4.90 Å². The highest BCUT2D eigenvalue weighted by Crippen LogP contribution is 2.31. The van der Waals surface area contributed by atoms with Crippen LogP contribution in [-0.2, 0) is 10.0 Å². The highest BCUT2D eigenvalue weighted by atomic mass is 32.2. The maximum atomic E-state index is 12.8. The summed E-state index contributed by atoms with van der Waals surface area (Å²) in [5.74, 6) is 0.661. The minimum atomic E-state index is -3.90. The molecule has 0 saturated heterocycles. The number of sulfonamides is 1. The highest BCUT2D eigenvalue weighted by molar-refractivity contribution is 7.92. The van der Waals surface area contributed by atoms with Crippen molar-refractivity contribution in [2.45, 2.75) is 18.7 Å². The van der Waals surface area contributed by atoms with Crippen molar-refractivity contribution < 1.29 is 22.7 Å². The van der Waals surface area contributed by atoms with Gasteiger partial charge < -0.3 is 14.4 Å². The van der Waals surface area contributed by atoms with Crippen LogP contribution >= 0.6 is 0 Å². The molecular weight excluding hydrogens is 368 g/mol. The quantitative estimate of drug-likeness (QED) is 0.746. The third-order valence-corrected chi connectivity index (χ3v) is 5.46. The molecule has 7 nitrogen and oxygen atoms in total. The van der Waals surface area contributed by atoms with E-state index in [0.29, 0.717) is 30.2 Å². The first-order chi connectivity index (χ1) is 12.9. The van der Waals surface area contributed by atoms with Crippen LogP contribution in [0.3, 0.4) is 0 Å². The van der Waals surface area contributed by atoms with E-state index in [1.807, 2.05) is 13.8 Å². The smallest absolute Gasteiger partial charge is 0.262 e. The van der Waals surface area contributed by atoms with Gasteiger partial charge >= 0.3 is 0 Å². The second-order valence-corrected chi connectivity index (χ2v) is 7.36. The molecule has 0 aliphatic carbocycles. The summed E-state index contributed by atoms with van der Waals surface area (Å²) in [7, 11) is -0.951. The summed E-state index contributed by atoms with van der Waals surface area (Å²) in [6, 6.07) is 10.7. The summed E-state index contributed by atoms with van der Waals surface area (Å²) in [5.41, 5.74) is 0.599. The molecule has 2 aromatic rings. The average Bonchev–Trinajstić information content (AvgIpc) is 2.69. The van der Waals surface area contributed by atoms with Gasteiger partial charge in [-0.15, -0.1) is 0 Å². The lowest BCUT2D eigenvalue weighted by Gasteiger charge is -2.19. The summed E-state index contributed by atoms with van der Waals surface area (Å²) >= 11 is 0. The van der Waals surface area contributed by atoms with Gasteiger partial charge in [-0.05, 0) is 44.2 Å². The molecule has 27 heavy (non-hydrogen) atoms. The standard InChI is InChI=1S/C19H24N2O5S/c1-5-21(6-2)19(22)14-8-7-9-16(12-14)27(23,24)20-17-11-10-15(25-3)13-18(17)26-4/h7-13,20H,5-6H2,1-4H3. The number of methoxy groups -OCH3 is 2. The number of ether oxygens (including phenoxy) is 2. The lowest BCUT2D eigenvalue weighted by atomic mass is 10.2. The zero-order valence-electron chi connectivity index (χ0n) is 15.9. The van der Waals surface area contributed by atoms with Gasteiger partial charge in [-0.3, -0.25) is 9.52 Å². The Balaban J connectivity index is 2.35. The second kappa shape index (κ2) is 8.77. The molecule has 8 heteroatoms. The van der Waals surface area contributed by atoms with Gasteiger partial charge in [-0.2, -0.15) is 0 Å². The topological polar surface area (TPSA) is 84.9 Å². The molecule has 1 amide bonds. The Morgan fingerprint density at radius 1 is 1.04 bits per heavy atom. The fourth-order valence-electron chi connectivity index (χ4n) is 2.58. The van der Waals surface area contributed by atoms with Crippen LogP contribution < -0.4 is 14.2 Å². The van der Waals surface area contributed by atoms with Crippen LogP contribution in [0.5, 0.6) is 11.5 Å². The molecule has 0 atom stereocenters. The fraction of sp³-hybridized carbons (Fsp3) is 0.316. The van der Waals surface area contributed by atoms with E-state index in [1.165, 1.54) is 26.4 Å². The Morgan fingerprint density at radius 3 is 2.33 bits per heavy atom. The first kappa shape index (κ1) is 20.6. The Morgan fingerprint density at radius 2 is 1.74 bits per heavy atom. The Kier molecular flexibility index (Phi) is 6.68. The Bertz CT molecular complexity index is 908. The molecule has 0 fully saturated rings. The van der Waals surface area contributed by atoms with Gasteiger partial charge in [0.25, 0.3) is 15.9 Å². The van der Waals surface area contributed by atoms with E-state index in [9.17, 15) is 13.2 Å². The molecule has 0 aliphatic rings. The van der Waals surface area contributed by atoms with Crippen molar-refractivity contribution in [3.05, 3.63) is 48.0 Å². The maximum Gasteiger partial charge on any atom is 0.262 e. The number of rotatable bonds is 8. The van der Waals surface area contributed by atoms with E-state index in [1.54, 1.807) is 35.2 Å². The van der Waals surface area contributed by atoms with Gasteiger partial charge in [-0.25, -0.2) is 8.42 Å². The molecule has 0 heterocycles. The van der Waals surface area contributed by atoms with E-state index in [0.717, 1.165) is 0 Å². The van der Waals surface area contributed by atoms with E-state index < -0.39 is 10.0 Å². The number of carbonyl (C=O) groups is 1. The number of anilines is 1. The number of amides is 1. The van der Waals surface area contributed by atoms with E-state index in [4.69, 9.17) is 9.47 Å². The molecular formula is C19H24N2O5S. The van der Waals surface area contributed by atoms with Crippen LogP contribution in [0, 0.1) is 0 Å². The van der Waals surface area contributed by atoms with Gasteiger partial charge in [-0.1, -0.05) is 6.07 Å². The highest BCUT2D eigenvalue weighted by Gasteiger charge is 2.20. The third-order valence-electron chi connectivity index (χ3n) is 4.09. The molecule has 0 spiro atoms. The lowest BCUT2D eigenvalue weighted by Crippen LogP contribution is -2.30. The molecule has 146 valence electrons. The summed E-state index contributed by atoms with van der Waals surface area (Å²) in [6.45, 7) is 4.85. The Labute approximate surface area is 160 Å². The molecule has 0 saturated carbocycles. The zero-order valence-corrected chi connectivity index (χ0v) is 16.7. The normalized spacial score (nSPS) is 11.0. The first-order valence-electron chi connectivity index (χ1n) is 8.50. The first-order valence-corrected chi connectivity index (χ1v) is 9.98. The van der Waals surface area contributed by atoms with Crippen LogP contribution in [0.15, 0.2) is 47.4 Å². The number of nitrogens with one attached hydrogen (secondary N) is 1. The van der Waals surface area contributed by atoms with Crippen molar-refractivity contribution in [2.24, 2.45) is 0 Å². The molecule has 2 aromatic carbocycles. The third kappa shape index (κ3) is 4.71. The largest absolute Gasteiger partial charge is 0.497 e. The van der Waals surface area contributed by atoms with Crippen LogP contribution in [0.2, 0.25) is 0 Å². The SMILES string of the molecule is CCN(CC)C(=O)c1cccc(S(=O)(=O)Nc2ccc(OC)cc2OC)c1. The number of benzene rings is 2. The summed E-state index contributed by atoms with van der Waals surface area (Å²) in [4.78, 5) is 14.1. The lowest BCUT2D eigenvalue weighted by molar-refractivity contribution is 0.0772. The van der Waals surface area contributed by atoms with Gasteiger partial charge in [0.2, 0.25) is 0 Å². The van der Waals surface area contributed by atoms with E-state index >= 15 is 0 Å².